The van der Waals surface area contributed by atoms with E-state index >= 15 is 0 Å². The maximum absolute atomic E-state index is 12.8. The molecule has 31 heavy (non-hydrogen) atoms. The number of guanidine groups is 1. The summed E-state index contributed by atoms with van der Waals surface area (Å²) in [6, 6.07) is 11.2. The Kier molecular flexibility index (Phi) is 7.51. The molecular weight excluding hydrogens is 411 g/mol. The van der Waals surface area contributed by atoms with Gasteiger partial charge < -0.3 is 14.8 Å². The highest BCUT2D eigenvalue weighted by Gasteiger charge is 2.30. The van der Waals surface area contributed by atoms with Crippen molar-refractivity contribution < 1.29 is 27.4 Å². The Morgan fingerprint density at radius 2 is 1.94 bits per heavy atom. The van der Waals surface area contributed by atoms with Crippen LogP contribution in [-0.4, -0.2) is 37.7 Å². The predicted octanol–water partition coefficient (Wildman–Crippen LogP) is 4.48. The summed E-state index contributed by atoms with van der Waals surface area (Å²) in [6.45, 7) is 3.33. The minimum atomic E-state index is -4.46. The molecule has 2 aromatic carbocycles. The van der Waals surface area contributed by atoms with E-state index in [1.807, 2.05) is 13.0 Å². The Hall–Kier alpha value is -3.07. The quantitative estimate of drug-likeness (QED) is 0.518. The molecule has 0 radical (unpaired) electrons. The minimum absolute atomic E-state index is 0.0399. The molecule has 9 heteroatoms. The molecule has 1 fully saturated rings. The third kappa shape index (κ3) is 6.45. The van der Waals surface area contributed by atoms with Gasteiger partial charge in [0, 0.05) is 12.2 Å². The van der Waals surface area contributed by atoms with Crippen LogP contribution in [0.1, 0.15) is 35.7 Å². The maximum Gasteiger partial charge on any atom is 0.416 e. The van der Waals surface area contributed by atoms with Crippen molar-refractivity contribution in [2.75, 3.05) is 25.1 Å². The van der Waals surface area contributed by atoms with Gasteiger partial charge in [-0.05, 0) is 56.2 Å². The van der Waals surface area contributed by atoms with Crippen LogP contribution in [-0.2, 0) is 10.9 Å². The lowest BCUT2D eigenvalue weighted by Gasteiger charge is -2.16. The number of anilines is 1. The van der Waals surface area contributed by atoms with Crippen molar-refractivity contribution in [2.24, 2.45) is 4.99 Å². The third-order valence-corrected chi connectivity index (χ3v) is 4.62. The van der Waals surface area contributed by atoms with E-state index in [9.17, 15) is 18.0 Å². The van der Waals surface area contributed by atoms with E-state index in [-0.39, 0.29) is 17.6 Å². The molecule has 0 unspecified atom stereocenters. The zero-order valence-corrected chi connectivity index (χ0v) is 17.0. The van der Waals surface area contributed by atoms with Crippen LogP contribution in [0.5, 0.6) is 5.75 Å². The number of halogens is 3. The number of hydrogen-bond donors (Lipinski definition) is 2. The standard InChI is InChI=1S/C22H24F3N3O3/c1-2-30-19-8-4-3-7-18(19)27-21(26-14-17-6-5-13-31-17)28-20(29)15-9-11-16(12-10-15)22(23,24)25/h3-4,7-12,17H,2,5-6,13-14H2,1H3,(H2,26,27,28,29)/t17-/m0/s1. The Balaban J connectivity index is 1.77. The molecule has 1 heterocycles. The predicted molar refractivity (Wildman–Crippen MR) is 111 cm³/mol. The number of nitrogens with one attached hydrogen (secondary N) is 2. The Labute approximate surface area is 178 Å². The van der Waals surface area contributed by atoms with Crippen LogP contribution in [0.25, 0.3) is 0 Å². The minimum Gasteiger partial charge on any atom is -0.492 e. The molecule has 1 amide bonds. The first-order chi connectivity index (χ1) is 14.9. The van der Waals surface area contributed by atoms with Gasteiger partial charge in [0.15, 0.2) is 0 Å². The summed E-state index contributed by atoms with van der Waals surface area (Å²) >= 11 is 0. The molecule has 1 saturated heterocycles. The molecule has 1 aliphatic heterocycles. The van der Waals surface area contributed by atoms with Crippen LogP contribution < -0.4 is 15.4 Å². The van der Waals surface area contributed by atoms with Crippen molar-refractivity contribution >= 4 is 17.6 Å². The summed E-state index contributed by atoms with van der Waals surface area (Å²) in [5.41, 5.74) is -0.138. The molecule has 0 aromatic heterocycles. The molecule has 0 spiro atoms. The fourth-order valence-corrected chi connectivity index (χ4v) is 3.06. The van der Waals surface area contributed by atoms with Gasteiger partial charge in [-0.3, -0.25) is 10.1 Å². The van der Waals surface area contributed by atoms with Crippen molar-refractivity contribution in [1.29, 1.82) is 0 Å². The maximum atomic E-state index is 12.8. The van der Waals surface area contributed by atoms with Crippen molar-refractivity contribution in [3.63, 3.8) is 0 Å². The summed E-state index contributed by atoms with van der Waals surface area (Å²) < 4.78 is 49.5. The molecule has 2 aromatic rings. The highest BCUT2D eigenvalue weighted by molar-refractivity contribution is 6.10. The number of amides is 1. The fraction of sp³-hybridized carbons (Fsp3) is 0.364. The van der Waals surface area contributed by atoms with E-state index < -0.39 is 17.6 Å². The lowest BCUT2D eigenvalue weighted by Crippen LogP contribution is -2.37. The highest BCUT2D eigenvalue weighted by Crippen LogP contribution is 2.29. The zero-order valence-electron chi connectivity index (χ0n) is 17.0. The van der Waals surface area contributed by atoms with Gasteiger partial charge in [-0.25, -0.2) is 4.99 Å². The topological polar surface area (TPSA) is 71.9 Å². The molecule has 0 aliphatic carbocycles. The monoisotopic (exact) mass is 435 g/mol. The molecule has 6 nitrogen and oxygen atoms in total. The van der Waals surface area contributed by atoms with Gasteiger partial charge in [-0.2, -0.15) is 13.2 Å². The first-order valence-corrected chi connectivity index (χ1v) is 10.0. The van der Waals surface area contributed by atoms with Gasteiger partial charge in [0.1, 0.15) is 5.75 Å². The first-order valence-electron chi connectivity index (χ1n) is 10.0. The van der Waals surface area contributed by atoms with Gasteiger partial charge in [0.25, 0.3) is 5.91 Å². The Morgan fingerprint density at radius 3 is 2.58 bits per heavy atom. The number of para-hydroxylation sites is 2. The average Bonchev–Trinajstić information content (AvgIpc) is 3.27. The molecule has 1 aliphatic rings. The van der Waals surface area contributed by atoms with Gasteiger partial charge in [-0.1, -0.05) is 12.1 Å². The summed E-state index contributed by atoms with van der Waals surface area (Å²) in [5.74, 6) is 0.160. The normalized spacial score (nSPS) is 16.8. The summed E-state index contributed by atoms with van der Waals surface area (Å²) in [4.78, 5) is 17.1. The lowest BCUT2D eigenvalue weighted by atomic mass is 10.1. The zero-order chi connectivity index (χ0) is 22.3. The number of carbonyl (C=O) groups excluding carboxylic acids is 1. The smallest absolute Gasteiger partial charge is 0.416 e. The molecule has 0 bridgehead atoms. The summed E-state index contributed by atoms with van der Waals surface area (Å²) in [6.07, 6.45) is -2.68. The average molecular weight is 435 g/mol. The van der Waals surface area contributed by atoms with E-state index in [1.165, 1.54) is 0 Å². The first kappa shape index (κ1) is 22.6. The Bertz CT molecular complexity index is 908. The van der Waals surface area contributed by atoms with Gasteiger partial charge in [-0.15, -0.1) is 0 Å². The summed E-state index contributed by atoms with van der Waals surface area (Å²) in [5, 5.41) is 5.69. The third-order valence-electron chi connectivity index (χ3n) is 4.62. The second-order valence-electron chi connectivity index (χ2n) is 6.91. The van der Waals surface area contributed by atoms with Crippen LogP contribution in [0.2, 0.25) is 0 Å². The van der Waals surface area contributed by atoms with Crippen molar-refractivity contribution in [2.45, 2.75) is 32.0 Å². The van der Waals surface area contributed by atoms with Crippen LogP contribution in [0.15, 0.2) is 53.5 Å². The van der Waals surface area contributed by atoms with E-state index in [0.29, 0.717) is 31.2 Å². The fourth-order valence-electron chi connectivity index (χ4n) is 3.06. The molecule has 1 atom stereocenters. The second kappa shape index (κ2) is 10.3. The SMILES string of the molecule is CCOc1ccccc1NC(=NC[C@@H]1CCCO1)NC(=O)c1ccc(C(F)(F)F)cc1. The van der Waals surface area contributed by atoms with Crippen molar-refractivity contribution in [1.82, 2.24) is 5.32 Å². The van der Waals surface area contributed by atoms with E-state index in [1.54, 1.807) is 18.2 Å². The van der Waals surface area contributed by atoms with Gasteiger partial charge in [0.2, 0.25) is 5.96 Å². The number of benzene rings is 2. The number of alkyl halides is 3. The number of hydrogen-bond acceptors (Lipinski definition) is 4. The second-order valence-corrected chi connectivity index (χ2v) is 6.91. The Morgan fingerprint density at radius 1 is 1.19 bits per heavy atom. The molecule has 3 rings (SSSR count). The number of rotatable bonds is 6. The number of nitrogens with zero attached hydrogens (tertiary/aromatic N) is 1. The van der Waals surface area contributed by atoms with Crippen LogP contribution in [0.3, 0.4) is 0 Å². The molecular formula is C22H24F3N3O3. The van der Waals surface area contributed by atoms with Crippen molar-refractivity contribution in [3.05, 3.63) is 59.7 Å². The van der Waals surface area contributed by atoms with Crippen LogP contribution in [0, 0.1) is 0 Å². The summed E-state index contributed by atoms with van der Waals surface area (Å²) in [7, 11) is 0. The van der Waals surface area contributed by atoms with E-state index in [2.05, 4.69) is 15.6 Å². The van der Waals surface area contributed by atoms with Crippen LogP contribution >= 0.6 is 0 Å². The van der Waals surface area contributed by atoms with E-state index in [4.69, 9.17) is 9.47 Å². The van der Waals surface area contributed by atoms with Gasteiger partial charge >= 0.3 is 6.18 Å². The number of ether oxygens (including phenoxy) is 2. The van der Waals surface area contributed by atoms with E-state index in [0.717, 1.165) is 37.1 Å². The lowest BCUT2D eigenvalue weighted by molar-refractivity contribution is -0.137. The van der Waals surface area contributed by atoms with Crippen molar-refractivity contribution in [3.8, 4) is 5.75 Å². The number of aliphatic imine (C=N–C) groups is 1. The highest BCUT2D eigenvalue weighted by atomic mass is 19.4. The molecule has 166 valence electrons. The molecule has 2 N–H and O–H groups in total. The van der Waals surface area contributed by atoms with Crippen LogP contribution in [0.4, 0.5) is 18.9 Å². The van der Waals surface area contributed by atoms with Gasteiger partial charge in [0.05, 0.1) is 30.5 Å². The largest absolute Gasteiger partial charge is 0.492 e. The molecule has 0 saturated carbocycles. The number of carbonyl (C=O) groups is 1.